The van der Waals surface area contributed by atoms with Gasteiger partial charge < -0.3 is 5.11 Å². The highest BCUT2D eigenvalue weighted by molar-refractivity contribution is 5.18. The van der Waals surface area contributed by atoms with Crippen LogP contribution in [0.25, 0.3) is 0 Å². The summed E-state index contributed by atoms with van der Waals surface area (Å²) in [4.78, 5) is 10.2. The Bertz CT molecular complexity index is 289. The largest absolute Gasteiger partial charge is 0.386 e. The van der Waals surface area contributed by atoms with Crippen LogP contribution in [0.15, 0.2) is 35.6 Å². The molecule has 4 nitrogen and oxygen atoms in total. The maximum absolute atomic E-state index is 10.2. The van der Waals surface area contributed by atoms with Gasteiger partial charge >= 0.3 is 0 Å². The molecule has 2 unspecified atom stereocenters. The fourth-order valence-corrected chi connectivity index (χ4v) is 1.21. The third kappa shape index (κ3) is 2.29. The van der Waals surface area contributed by atoms with Crippen molar-refractivity contribution >= 4 is 0 Å². The van der Waals surface area contributed by atoms with Crippen molar-refractivity contribution in [2.24, 2.45) is 5.29 Å². The summed E-state index contributed by atoms with van der Waals surface area (Å²) in [6, 6.07) is 8.89. The summed E-state index contributed by atoms with van der Waals surface area (Å²) < 4.78 is 0. The lowest BCUT2D eigenvalue weighted by molar-refractivity contribution is 0.0733. The number of nitrogens with zero attached hydrogens (tertiary/aromatic N) is 2. The normalized spacial score (nSPS) is 14.5. The first kappa shape index (κ1) is 10.7. The highest BCUT2D eigenvalue weighted by Crippen LogP contribution is 2.19. The third-order valence-electron chi connectivity index (χ3n) is 2.32. The lowest BCUT2D eigenvalue weighted by Gasteiger charge is -2.23. The van der Waals surface area contributed by atoms with Gasteiger partial charge in [-0.2, -0.15) is 0 Å². The summed E-state index contributed by atoms with van der Waals surface area (Å²) in [7, 11) is 1.55. The first-order chi connectivity index (χ1) is 6.66. The second-order valence-corrected chi connectivity index (χ2v) is 3.25. The van der Waals surface area contributed by atoms with Crippen LogP contribution in [0.2, 0.25) is 0 Å². The zero-order chi connectivity index (χ0) is 10.6. The molecule has 4 heteroatoms. The Hall–Kier alpha value is -1.42. The molecule has 14 heavy (non-hydrogen) atoms. The Morgan fingerprint density at radius 3 is 2.43 bits per heavy atom. The average molecular weight is 194 g/mol. The molecule has 0 aliphatic carbocycles. The molecule has 0 spiro atoms. The maximum Gasteiger partial charge on any atom is 0.101 e. The van der Waals surface area contributed by atoms with E-state index in [9.17, 15) is 10.0 Å². The molecule has 2 atom stereocenters. The van der Waals surface area contributed by atoms with E-state index in [1.807, 2.05) is 30.3 Å². The second kappa shape index (κ2) is 4.72. The van der Waals surface area contributed by atoms with Crippen molar-refractivity contribution in [3.63, 3.8) is 0 Å². The molecule has 1 aromatic carbocycles. The molecule has 0 amide bonds. The van der Waals surface area contributed by atoms with Gasteiger partial charge in [-0.25, -0.2) is 0 Å². The van der Waals surface area contributed by atoms with Crippen LogP contribution in [0.3, 0.4) is 0 Å². The molecule has 0 aliphatic heterocycles. The van der Waals surface area contributed by atoms with Crippen molar-refractivity contribution < 1.29 is 5.11 Å². The highest BCUT2D eigenvalue weighted by atomic mass is 16.3. The van der Waals surface area contributed by atoms with Gasteiger partial charge in [0.05, 0.1) is 11.3 Å². The van der Waals surface area contributed by atoms with Gasteiger partial charge in [-0.1, -0.05) is 30.3 Å². The van der Waals surface area contributed by atoms with Crippen LogP contribution in [-0.2, 0) is 0 Å². The molecule has 1 N–H and O–H groups in total. The monoisotopic (exact) mass is 194 g/mol. The highest BCUT2D eigenvalue weighted by Gasteiger charge is 2.19. The summed E-state index contributed by atoms with van der Waals surface area (Å²) in [5, 5.41) is 13.8. The van der Waals surface area contributed by atoms with Crippen LogP contribution in [0, 0.1) is 4.91 Å². The van der Waals surface area contributed by atoms with E-state index in [2.05, 4.69) is 5.29 Å². The van der Waals surface area contributed by atoms with Gasteiger partial charge in [-0.15, -0.1) is 4.91 Å². The lowest BCUT2D eigenvalue weighted by Crippen LogP contribution is -2.29. The van der Waals surface area contributed by atoms with Crippen LogP contribution in [0.1, 0.15) is 18.6 Å². The number of nitroso groups, excluding NO2 is 1. The molecule has 1 aromatic rings. The molecular formula is C10H14N2O2. The Balaban J connectivity index is 2.75. The van der Waals surface area contributed by atoms with Gasteiger partial charge in [0.25, 0.3) is 0 Å². The van der Waals surface area contributed by atoms with Crippen molar-refractivity contribution in [3.8, 4) is 0 Å². The summed E-state index contributed by atoms with van der Waals surface area (Å²) in [5.74, 6) is 0. The van der Waals surface area contributed by atoms with Crippen LogP contribution in [-0.4, -0.2) is 23.2 Å². The Morgan fingerprint density at radius 2 is 1.93 bits per heavy atom. The number of hydrogen-bond donors (Lipinski definition) is 1. The molecule has 0 aromatic heterocycles. The van der Waals surface area contributed by atoms with Gasteiger partial charge in [0.15, 0.2) is 0 Å². The van der Waals surface area contributed by atoms with E-state index >= 15 is 0 Å². The zero-order valence-corrected chi connectivity index (χ0v) is 8.29. The van der Waals surface area contributed by atoms with Crippen LogP contribution in [0.5, 0.6) is 0 Å². The standard InChI is InChI=1S/C10H14N2O2/c1-8(12(2)11-14)10(13)9-6-4-3-5-7-9/h3-8,10,13H,1-2H3. The van der Waals surface area contributed by atoms with E-state index in [4.69, 9.17) is 0 Å². The second-order valence-electron chi connectivity index (χ2n) is 3.25. The Labute approximate surface area is 83.1 Å². The molecule has 0 aliphatic rings. The van der Waals surface area contributed by atoms with Gasteiger partial charge in [-0.05, 0) is 12.5 Å². The smallest absolute Gasteiger partial charge is 0.101 e. The minimum Gasteiger partial charge on any atom is -0.386 e. The van der Waals surface area contributed by atoms with Crippen LogP contribution < -0.4 is 0 Å². The fraction of sp³-hybridized carbons (Fsp3) is 0.400. The number of likely N-dealkylation sites (N-methyl/N-ethyl adjacent to an activating group) is 1. The summed E-state index contributed by atoms with van der Waals surface area (Å²) in [5.41, 5.74) is 0.788. The van der Waals surface area contributed by atoms with E-state index in [-0.39, 0.29) is 6.04 Å². The summed E-state index contributed by atoms with van der Waals surface area (Å²) >= 11 is 0. The van der Waals surface area contributed by atoms with E-state index in [0.717, 1.165) is 5.56 Å². The van der Waals surface area contributed by atoms with Crippen molar-refractivity contribution in [1.82, 2.24) is 5.01 Å². The average Bonchev–Trinajstić information content (AvgIpc) is 2.27. The van der Waals surface area contributed by atoms with E-state index in [1.54, 1.807) is 14.0 Å². The Morgan fingerprint density at radius 1 is 1.36 bits per heavy atom. The van der Waals surface area contributed by atoms with Crippen molar-refractivity contribution in [1.29, 1.82) is 0 Å². The minimum absolute atomic E-state index is 0.324. The van der Waals surface area contributed by atoms with Gasteiger partial charge in [0, 0.05) is 7.05 Å². The summed E-state index contributed by atoms with van der Waals surface area (Å²) in [6.45, 7) is 1.75. The van der Waals surface area contributed by atoms with Gasteiger partial charge in [0.2, 0.25) is 0 Å². The van der Waals surface area contributed by atoms with Crippen molar-refractivity contribution in [3.05, 3.63) is 40.8 Å². The van der Waals surface area contributed by atoms with Crippen molar-refractivity contribution in [2.45, 2.75) is 19.1 Å². The number of rotatable bonds is 4. The predicted octanol–water partition coefficient (Wildman–Crippen LogP) is 1.72. The molecule has 0 fully saturated rings. The Kier molecular flexibility index (Phi) is 3.59. The fourth-order valence-electron chi connectivity index (χ4n) is 1.21. The molecule has 0 saturated heterocycles. The quantitative estimate of drug-likeness (QED) is 0.586. The molecular weight excluding hydrogens is 180 g/mol. The molecule has 0 bridgehead atoms. The van der Waals surface area contributed by atoms with E-state index in [0.29, 0.717) is 0 Å². The van der Waals surface area contributed by atoms with Gasteiger partial charge in [-0.3, -0.25) is 5.01 Å². The van der Waals surface area contributed by atoms with Gasteiger partial charge in [0.1, 0.15) is 6.10 Å². The molecule has 76 valence electrons. The number of hydrogen-bond acceptors (Lipinski definition) is 3. The summed E-state index contributed by atoms with van der Waals surface area (Å²) in [6.07, 6.45) is -0.695. The zero-order valence-electron chi connectivity index (χ0n) is 8.29. The van der Waals surface area contributed by atoms with Crippen LogP contribution in [0.4, 0.5) is 0 Å². The minimum atomic E-state index is -0.695. The third-order valence-corrected chi connectivity index (χ3v) is 2.32. The molecule has 0 heterocycles. The number of aliphatic hydroxyl groups excluding tert-OH is 1. The van der Waals surface area contributed by atoms with E-state index in [1.165, 1.54) is 5.01 Å². The maximum atomic E-state index is 10.2. The predicted molar refractivity (Wildman–Crippen MR) is 54.4 cm³/mol. The number of aliphatic hydroxyl groups is 1. The van der Waals surface area contributed by atoms with Crippen LogP contribution >= 0.6 is 0 Å². The van der Waals surface area contributed by atoms with Crippen molar-refractivity contribution in [2.75, 3.05) is 7.05 Å². The topological polar surface area (TPSA) is 52.9 Å². The molecule has 0 radical (unpaired) electrons. The first-order valence-electron chi connectivity index (χ1n) is 4.46. The first-order valence-corrected chi connectivity index (χ1v) is 4.46. The molecule has 1 rings (SSSR count). The number of benzene rings is 1. The SMILES string of the molecule is CC(C(O)c1ccccc1)N(C)N=O. The molecule has 0 saturated carbocycles. The van der Waals surface area contributed by atoms with E-state index < -0.39 is 6.10 Å². The lowest BCUT2D eigenvalue weighted by atomic mass is 10.0.